The lowest BCUT2D eigenvalue weighted by Gasteiger charge is -2.31. The summed E-state index contributed by atoms with van der Waals surface area (Å²) in [5.41, 5.74) is 5.19. The molecule has 2 N–H and O–H groups in total. The molecule has 1 fully saturated rings. The molecule has 2 amide bonds. The maximum absolute atomic E-state index is 12.2. The molecule has 0 radical (unpaired) electrons. The third-order valence-electron chi connectivity index (χ3n) is 3.20. The maximum atomic E-state index is 12.2. The van der Waals surface area contributed by atoms with Crippen molar-refractivity contribution >= 4 is 39.1 Å². The maximum Gasteiger partial charge on any atom is 0.265 e. The Balaban J connectivity index is 1.92. The van der Waals surface area contributed by atoms with Gasteiger partial charge in [-0.2, -0.15) is 0 Å². The summed E-state index contributed by atoms with van der Waals surface area (Å²) in [6, 6.07) is 1.89. The monoisotopic (exact) mass is 330 g/mol. The number of rotatable bonds is 3. The van der Waals surface area contributed by atoms with Crippen molar-refractivity contribution in [1.29, 1.82) is 0 Å². The zero-order valence-electron chi connectivity index (χ0n) is 9.89. The summed E-state index contributed by atoms with van der Waals surface area (Å²) in [4.78, 5) is 25.7. The minimum atomic E-state index is -0.249. The Morgan fingerprint density at radius 1 is 1.44 bits per heavy atom. The molecular formula is C12H15BrN2O2S. The average Bonchev–Trinajstić information content (AvgIpc) is 2.75. The van der Waals surface area contributed by atoms with Crippen LogP contribution in [0.2, 0.25) is 0 Å². The van der Waals surface area contributed by atoms with Gasteiger partial charge in [0.1, 0.15) is 4.88 Å². The first-order chi connectivity index (χ1) is 8.58. The Morgan fingerprint density at radius 3 is 2.61 bits per heavy atom. The van der Waals surface area contributed by atoms with Crippen LogP contribution in [-0.4, -0.2) is 29.8 Å². The van der Waals surface area contributed by atoms with Gasteiger partial charge in [0, 0.05) is 24.0 Å². The van der Waals surface area contributed by atoms with E-state index < -0.39 is 0 Å². The summed E-state index contributed by atoms with van der Waals surface area (Å²) in [6.45, 7) is 1.42. The van der Waals surface area contributed by atoms with Crippen molar-refractivity contribution in [2.45, 2.75) is 19.3 Å². The molecule has 0 spiro atoms. The fraction of sp³-hybridized carbons (Fsp3) is 0.500. The Hall–Kier alpha value is -0.880. The van der Waals surface area contributed by atoms with Gasteiger partial charge < -0.3 is 10.6 Å². The number of carbonyl (C=O) groups is 2. The lowest BCUT2D eigenvalue weighted by Crippen LogP contribution is -2.39. The van der Waals surface area contributed by atoms with Crippen LogP contribution in [-0.2, 0) is 4.79 Å². The molecule has 1 saturated heterocycles. The van der Waals surface area contributed by atoms with Gasteiger partial charge in [0.15, 0.2) is 0 Å². The predicted molar refractivity (Wildman–Crippen MR) is 74.5 cm³/mol. The predicted octanol–water partition coefficient (Wildman–Crippen LogP) is 2.24. The topological polar surface area (TPSA) is 63.4 Å². The molecule has 1 aliphatic heterocycles. The van der Waals surface area contributed by atoms with Crippen molar-refractivity contribution in [1.82, 2.24) is 4.90 Å². The van der Waals surface area contributed by atoms with Crippen LogP contribution in [0.25, 0.3) is 0 Å². The lowest BCUT2D eigenvalue weighted by molar-refractivity contribution is -0.119. The van der Waals surface area contributed by atoms with E-state index in [1.54, 1.807) is 0 Å². The molecule has 0 aromatic carbocycles. The van der Waals surface area contributed by atoms with Crippen LogP contribution in [0, 0.1) is 5.92 Å². The molecular weight excluding hydrogens is 316 g/mol. The van der Waals surface area contributed by atoms with Crippen LogP contribution >= 0.6 is 27.3 Å². The molecule has 2 rings (SSSR count). The first-order valence-corrected chi connectivity index (χ1v) is 7.55. The number of likely N-dealkylation sites (tertiary alicyclic amines) is 1. The number of hydrogen-bond acceptors (Lipinski definition) is 3. The summed E-state index contributed by atoms with van der Waals surface area (Å²) >= 11 is 4.83. The molecule has 6 heteroatoms. The highest BCUT2D eigenvalue weighted by Gasteiger charge is 2.25. The van der Waals surface area contributed by atoms with E-state index >= 15 is 0 Å². The molecule has 0 saturated carbocycles. The first-order valence-electron chi connectivity index (χ1n) is 5.88. The van der Waals surface area contributed by atoms with Crippen LogP contribution < -0.4 is 5.73 Å². The Labute approximate surface area is 118 Å². The van der Waals surface area contributed by atoms with E-state index in [0.29, 0.717) is 25.4 Å². The summed E-state index contributed by atoms with van der Waals surface area (Å²) in [5, 5.41) is 1.90. The molecule has 0 unspecified atom stereocenters. The van der Waals surface area contributed by atoms with Gasteiger partial charge in [-0.1, -0.05) is 0 Å². The number of thiophene rings is 1. The molecule has 4 nitrogen and oxygen atoms in total. The van der Waals surface area contributed by atoms with Crippen molar-refractivity contribution in [3.05, 3.63) is 20.8 Å². The third-order valence-corrected chi connectivity index (χ3v) is 5.03. The quantitative estimate of drug-likeness (QED) is 0.923. The van der Waals surface area contributed by atoms with E-state index in [2.05, 4.69) is 15.9 Å². The Bertz CT molecular complexity index is 453. The molecule has 18 heavy (non-hydrogen) atoms. The lowest BCUT2D eigenvalue weighted by atomic mass is 9.93. The standard InChI is InChI=1S/C12H15BrN2O2S/c13-9-3-6-18-11(9)12(17)15-4-1-8(2-5-15)7-10(14)16/h3,6,8H,1-2,4-5,7H2,(H2,14,16). The van der Waals surface area contributed by atoms with Crippen molar-refractivity contribution < 1.29 is 9.59 Å². The summed E-state index contributed by atoms with van der Waals surface area (Å²) < 4.78 is 0.858. The number of primary amides is 1. The highest BCUT2D eigenvalue weighted by molar-refractivity contribution is 9.10. The normalized spacial score (nSPS) is 16.8. The average molecular weight is 331 g/mol. The van der Waals surface area contributed by atoms with Crippen molar-refractivity contribution in [2.24, 2.45) is 11.7 Å². The SMILES string of the molecule is NC(=O)CC1CCN(C(=O)c2sccc2Br)CC1. The highest BCUT2D eigenvalue weighted by atomic mass is 79.9. The van der Waals surface area contributed by atoms with E-state index in [4.69, 9.17) is 5.73 Å². The molecule has 1 aliphatic rings. The van der Waals surface area contributed by atoms with Crippen LogP contribution in [0.5, 0.6) is 0 Å². The fourth-order valence-corrected chi connectivity index (χ4v) is 3.72. The molecule has 0 atom stereocenters. The Morgan fingerprint density at radius 2 is 2.11 bits per heavy atom. The van der Waals surface area contributed by atoms with Crippen molar-refractivity contribution in [3.8, 4) is 0 Å². The number of carbonyl (C=O) groups excluding carboxylic acids is 2. The number of nitrogens with two attached hydrogens (primary N) is 1. The van der Waals surface area contributed by atoms with Gasteiger partial charge in [-0.25, -0.2) is 0 Å². The van der Waals surface area contributed by atoms with Gasteiger partial charge in [-0.15, -0.1) is 11.3 Å². The Kier molecular flexibility index (Phi) is 4.40. The first kappa shape index (κ1) is 13.5. The molecule has 0 aliphatic carbocycles. The number of halogens is 1. The minimum Gasteiger partial charge on any atom is -0.370 e. The molecule has 1 aromatic rings. The van der Waals surface area contributed by atoms with Gasteiger partial charge in [-0.3, -0.25) is 9.59 Å². The molecule has 2 heterocycles. The van der Waals surface area contributed by atoms with E-state index in [1.807, 2.05) is 16.3 Å². The number of nitrogens with zero attached hydrogens (tertiary/aromatic N) is 1. The van der Waals surface area contributed by atoms with Gasteiger partial charge >= 0.3 is 0 Å². The van der Waals surface area contributed by atoms with Crippen molar-refractivity contribution in [2.75, 3.05) is 13.1 Å². The summed E-state index contributed by atoms with van der Waals surface area (Å²) in [6.07, 6.45) is 2.15. The van der Waals surface area contributed by atoms with Gasteiger partial charge in [-0.05, 0) is 46.1 Å². The van der Waals surface area contributed by atoms with Crippen LogP contribution in [0.3, 0.4) is 0 Å². The second-order valence-corrected chi connectivity index (χ2v) is 6.27. The molecule has 0 bridgehead atoms. The van der Waals surface area contributed by atoms with Gasteiger partial charge in [0.2, 0.25) is 5.91 Å². The van der Waals surface area contributed by atoms with E-state index in [1.165, 1.54) is 11.3 Å². The minimum absolute atomic E-state index is 0.0781. The number of hydrogen-bond donors (Lipinski definition) is 1. The van der Waals surface area contributed by atoms with E-state index in [9.17, 15) is 9.59 Å². The summed E-state index contributed by atoms with van der Waals surface area (Å²) in [7, 11) is 0. The summed E-state index contributed by atoms with van der Waals surface area (Å²) in [5.74, 6) is 0.161. The zero-order valence-corrected chi connectivity index (χ0v) is 12.3. The molecule has 1 aromatic heterocycles. The fourth-order valence-electron chi connectivity index (χ4n) is 2.21. The van der Waals surface area contributed by atoms with Crippen LogP contribution in [0.4, 0.5) is 0 Å². The van der Waals surface area contributed by atoms with Gasteiger partial charge in [0.25, 0.3) is 5.91 Å². The number of piperidine rings is 1. The largest absolute Gasteiger partial charge is 0.370 e. The van der Waals surface area contributed by atoms with Gasteiger partial charge in [0.05, 0.1) is 0 Å². The van der Waals surface area contributed by atoms with Crippen molar-refractivity contribution in [3.63, 3.8) is 0 Å². The second-order valence-electron chi connectivity index (χ2n) is 4.50. The third kappa shape index (κ3) is 3.11. The van der Waals surface area contributed by atoms with E-state index in [0.717, 1.165) is 22.2 Å². The van der Waals surface area contributed by atoms with Crippen LogP contribution in [0.1, 0.15) is 28.9 Å². The highest BCUT2D eigenvalue weighted by Crippen LogP contribution is 2.27. The van der Waals surface area contributed by atoms with Crippen LogP contribution in [0.15, 0.2) is 15.9 Å². The second kappa shape index (κ2) is 5.84. The molecule has 98 valence electrons. The smallest absolute Gasteiger partial charge is 0.265 e. The van der Waals surface area contributed by atoms with E-state index in [-0.39, 0.29) is 11.8 Å². The number of amides is 2. The zero-order chi connectivity index (χ0) is 13.1.